The van der Waals surface area contributed by atoms with Gasteiger partial charge in [0.05, 0.1) is 52.3 Å². The molecule has 3 aromatic rings. The lowest BCUT2D eigenvalue weighted by molar-refractivity contribution is -0.137. The van der Waals surface area contributed by atoms with E-state index in [1.165, 1.54) is 6.08 Å². The SMILES string of the molecule is [B]C([B])([B])OCC1CSc2c(-c3cc(Cl)c(F)cc3F)c(C(F)(F)F)cc3c(N4CC(C)N(C(=O)C=C)C(C)C4)nc(=O)n1c23. The molecule has 17 heteroatoms. The molecular formula is C28H23B3ClF5N4O3S. The first-order valence-electron chi connectivity index (χ1n) is 13.6. The number of hydrogen-bond donors (Lipinski definition) is 0. The van der Waals surface area contributed by atoms with E-state index in [-0.39, 0.29) is 53.0 Å². The zero-order chi connectivity index (χ0) is 33.2. The van der Waals surface area contributed by atoms with E-state index in [1.54, 1.807) is 23.6 Å². The highest BCUT2D eigenvalue weighted by Gasteiger charge is 2.41. The van der Waals surface area contributed by atoms with Crippen LogP contribution in [0.3, 0.4) is 0 Å². The van der Waals surface area contributed by atoms with Crippen LogP contribution in [0.5, 0.6) is 0 Å². The molecule has 5 rings (SSSR count). The summed E-state index contributed by atoms with van der Waals surface area (Å²) < 4.78 is 80.3. The van der Waals surface area contributed by atoms with E-state index < -0.39 is 68.6 Å². The zero-order valence-electron chi connectivity index (χ0n) is 24.0. The minimum Gasteiger partial charge on any atom is -0.401 e. The number of amides is 1. The van der Waals surface area contributed by atoms with Crippen molar-refractivity contribution in [3.8, 4) is 11.1 Å². The van der Waals surface area contributed by atoms with Crippen LogP contribution in [0, 0.1) is 11.6 Å². The number of halogens is 6. The summed E-state index contributed by atoms with van der Waals surface area (Å²) in [5.41, 5.74) is -3.28. The van der Waals surface area contributed by atoms with E-state index in [0.29, 0.717) is 6.07 Å². The lowest BCUT2D eigenvalue weighted by atomic mass is 9.52. The van der Waals surface area contributed by atoms with Gasteiger partial charge in [0.2, 0.25) is 5.91 Å². The van der Waals surface area contributed by atoms with Crippen molar-refractivity contribution in [2.24, 2.45) is 0 Å². The normalized spacial score (nSPS) is 20.5. The molecule has 6 radical (unpaired) electrons. The number of alkyl halides is 3. The van der Waals surface area contributed by atoms with Crippen LogP contribution in [0.25, 0.3) is 22.0 Å². The standard InChI is InChI=1S/C28H23B3ClF5N4O3S/c1-4-21(42)40-12(2)8-39(9-13(40)3)25-16-5-17(27(35,36)37)22(15-6-18(32)20(34)7-19(15)33)24-23(16)41(26(43)38-25)14(11-45-24)10-44-28(29,30)31/h4-7,12-14H,1,8-11H2,2-3H3. The number of thioether (sulfide) groups is 1. The fourth-order valence-electron chi connectivity index (χ4n) is 5.94. The topological polar surface area (TPSA) is 67.7 Å². The van der Waals surface area contributed by atoms with E-state index in [4.69, 9.17) is 39.9 Å². The van der Waals surface area contributed by atoms with E-state index in [2.05, 4.69) is 11.6 Å². The van der Waals surface area contributed by atoms with E-state index in [0.717, 1.165) is 28.5 Å². The number of carbonyl (C=O) groups is 1. The minimum atomic E-state index is -5.03. The molecule has 1 fully saturated rings. The van der Waals surface area contributed by atoms with Crippen molar-refractivity contribution in [3.63, 3.8) is 0 Å². The third-order valence-electron chi connectivity index (χ3n) is 7.69. The van der Waals surface area contributed by atoms with Crippen molar-refractivity contribution >= 4 is 69.5 Å². The fraction of sp³-hybridized carbons (Fsp3) is 0.393. The number of carbonyl (C=O) groups excluding carboxylic acids is 1. The van der Waals surface area contributed by atoms with Gasteiger partial charge in [-0.15, -0.1) is 11.8 Å². The first-order chi connectivity index (χ1) is 20.9. The number of aromatic nitrogens is 2. The Morgan fingerprint density at radius 3 is 2.38 bits per heavy atom. The van der Waals surface area contributed by atoms with Gasteiger partial charge in [-0.25, -0.2) is 13.6 Å². The molecular weight excluding hydrogens is 635 g/mol. The quantitative estimate of drug-likeness (QED) is 0.169. The molecule has 0 saturated carbocycles. The van der Waals surface area contributed by atoms with Crippen molar-refractivity contribution in [1.82, 2.24) is 14.5 Å². The van der Waals surface area contributed by atoms with Gasteiger partial charge in [-0.1, -0.05) is 18.2 Å². The Hall–Kier alpha value is -2.97. The van der Waals surface area contributed by atoms with Gasteiger partial charge in [0.25, 0.3) is 0 Å². The third kappa shape index (κ3) is 6.25. The molecule has 0 N–H and O–H groups in total. The van der Waals surface area contributed by atoms with E-state index >= 15 is 4.39 Å². The summed E-state index contributed by atoms with van der Waals surface area (Å²) in [6.45, 7) is 6.99. The number of piperazine rings is 1. The molecule has 7 nitrogen and oxygen atoms in total. The second kappa shape index (κ2) is 12.0. The van der Waals surface area contributed by atoms with Crippen molar-refractivity contribution < 1.29 is 31.5 Å². The summed E-state index contributed by atoms with van der Waals surface area (Å²) in [4.78, 5) is 33.6. The van der Waals surface area contributed by atoms with Crippen LogP contribution in [0.4, 0.5) is 27.8 Å². The molecule has 2 aromatic carbocycles. The molecule has 1 amide bonds. The largest absolute Gasteiger partial charge is 0.417 e. The zero-order valence-corrected chi connectivity index (χ0v) is 25.6. The molecule has 1 saturated heterocycles. The van der Waals surface area contributed by atoms with Crippen LogP contribution in [0.2, 0.25) is 5.02 Å². The molecule has 45 heavy (non-hydrogen) atoms. The van der Waals surface area contributed by atoms with Gasteiger partial charge in [-0.3, -0.25) is 9.36 Å². The summed E-state index contributed by atoms with van der Waals surface area (Å²) in [6.07, 6.45) is -3.86. The van der Waals surface area contributed by atoms with Crippen LogP contribution < -0.4 is 10.6 Å². The number of hydrogen-bond acceptors (Lipinski definition) is 6. The van der Waals surface area contributed by atoms with Gasteiger partial charge in [0, 0.05) is 58.4 Å². The number of rotatable bonds is 6. The molecule has 0 aliphatic carbocycles. The molecule has 3 atom stereocenters. The lowest BCUT2D eigenvalue weighted by Gasteiger charge is -2.45. The van der Waals surface area contributed by atoms with Gasteiger partial charge in [0.15, 0.2) is 0 Å². The number of benzene rings is 2. The minimum absolute atomic E-state index is 0.0132. The second-order valence-corrected chi connectivity index (χ2v) is 12.5. The molecule has 3 unspecified atom stereocenters. The molecule has 3 heterocycles. The highest BCUT2D eigenvalue weighted by molar-refractivity contribution is 7.99. The average Bonchev–Trinajstić information content (AvgIpc) is 2.94. The summed E-state index contributed by atoms with van der Waals surface area (Å²) in [5, 5.41) is -2.73. The van der Waals surface area contributed by atoms with Gasteiger partial charge in [0.1, 0.15) is 17.5 Å². The van der Waals surface area contributed by atoms with Gasteiger partial charge < -0.3 is 14.5 Å². The van der Waals surface area contributed by atoms with Gasteiger partial charge in [-0.05, 0) is 37.4 Å². The Morgan fingerprint density at radius 1 is 1.16 bits per heavy atom. The highest BCUT2D eigenvalue weighted by Crippen LogP contribution is 2.50. The average molecular weight is 658 g/mol. The maximum Gasteiger partial charge on any atom is 0.417 e. The monoisotopic (exact) mass is 658 g/mol. The first kappa shape index (κ1) is 33.4. The third-order valence-corrected chi connectivity index (χ3v) is 9.22. The van der Waals surface area contributed by atoms with Crippen LogP contribution in [-0.2, 0) is 15.7 Å². The van der Waals surface area contributed by atoms with E-state index in [1.807, 2.05) is 0 Å². The first-order valence-corrected chi connectivity index (χ1v) is 15.0. The molecule has 0 spiro atoms. The molecule has 0 bridgehead atoms. The predicted octanol–water partition coefficient (Wildman–Crippen LogP) is 4.41. The molecule has 1 aromatic heterocycles. The number of anilines is 1. The Labute approximate surface area is 268 Å². The summed E-state index contributed by atoms with van der Waals surface area (Å²) in [7, 11) is 16.7. The van der Waals surface area contributed by atoms with Crippen molar-refractivity contribution in [2.45, 2.75) is 48.3 Å². The summed E-state index contributed by atoms with van der Waals surface area (Å²) in [6, 6.07) is 0.280. The Kier molecular flexibility index (Phi) is 8.91. The van der Waals surface area contributed by atoms with Crippen molar-refractivity contribution in [3.05, 3.63) is 63.6 Å². The van der Waals surface area contributed by atoms with Crippen LogP contribution in [-0.4, -0.2) is 86.7 Å². The maximum atomic E-state index is 15.2. The smallest absolute Gasteiger partial charge is 0.401 e. The summed E-state index contributed by atoms with van der Waals surface area (Å²) in [5.74, 6) is -2.85. The number of nitrogens with zero attached hydrogens (tertiary/aromatic N) is 4. The van der Waals surface area contributed by atoms with Gasteiger partial charge in [-0.2, -0.15) is 18.2 Å². The van der Waals surface area contributed by atoms with Crippen LogP contribution >= 0.6 is 23.4 Å². The van der Waals surface area contributed by atoms with Crippen LogP contribution in [0.1, 0.15) is 25.5 Å². The Bertz CT molecular complexity index is 1760. The second-order valence-electron chi connectivity index (χ2n) is 11.0. The Balaban J connectivity index is 1.83. The Morgan fingerprint density at radius 2 is 1.80 bits per heavy atom. The summed E-state index contributed by atoms with van der Waals surface area (Å²) >= 11 is 6.81. The molecule has 2 aliphatic rings. The highest BCUT2D eigenvalue weighted by atomic mass is 35.5. The van der Waals surface area contributed by atoms with Gasteiger partial charge >= 0.3 is 11.9 Å². The fourth-order valence-corrected chi connectivity index (χ4v) is 7.41. The predicted molar refractivity (Wildman–Crippen MR) is 165 cm³/mol. The van der Waals surface area contributed by atoms with Crippen molar-refractivity contribution in [2.75, 3.05) is 30.3 Å². The maximum absolute atomic E-state index is 15.2. The van der Waals surface area contributed by atoms with E-state index in [9.17, 15) is 27.2 Å². The molecule has 230 valence electrons. The van der Waals surface area contributed by atoms with Crippen molar-refractivity contribution in [1.29, 1.82) is 0 Å². The number of ether oxygens (including phenoxy) is 1. The molecule has 2 aliphatic heterocycles. The van der Waals surface area contributed by atoms with Crippen LogP contribution in [0.15, 0.2) is 40.5 Å². The lowest BCUT2D eigenvalue weighted by Crippen LogP contribution is -2.58.